The van der Waals surface area contributed by atoms with Crippen LogP contribution in [0.5, 0.6) is 0 Å². The highest BCUT2D eigenvalue weighted by Gasteiger charge is 2.31. The summed E-state index contributed by atoms with van der Waals surface area (Å²) in [5.41, 5.74) is 0.766. The SMILES string of the molecule is CCOC(=O)c1c(-c2ccco2)csc1NC(=O)COC(=O)C1CC1. The van der Waals surface area contributed by atoms with Gasteiger partial charge in [0, 0.05) is 10.9 Å². The van der Waals surface area contributed by atoms with Gasteiger partial charge in [-0.25, -0.2) is 4.79 Å². The smallest absolute Gasteiger partial charge is 0.341 e. The molecule has 0 unspecified atom stereocenters. The highest BCUT2D eigenvalue weighted by Crippen LogP contribution is 2.36. The van der Waals surface area contributed by atoms with Crippen molar-refractivity contribution >= 4 is 34.2 Å². The van der Waals surface area contributed by atoms with Crippen LogP contribution in [-0.4, -0.2) is 31.1 Å². The molecule has 1 fully saturated rings. The zero-order chi connectivity index (χ0) is 17.8. The topological polar surface area (TPSA) is 94.8 Å². The number of thiophene rings is 1. The molecule has 132 valence electrons. The Morgan fingerprint density at radius 2 is 2.12 bits per heavy atom. The minimum Gasteiger partial charge on any atom is -0.464 e. The standard InChI is InChI=1S/C17H17NO6S/c1-2-22-17(21)14-11(12-4-3-7-23-12)9-25-15(14)18-13(19)8-24-16(20)10-5-6-10/h3-4,7,9-10H,2,5-6,8H2,1H3,(H,18,19). The summed E-state index contributed by atoms with van der Waals surface area (Å²) in [5, 5.41) is 4.64. The second-order valence-corrected chi connectivity index (χ2v) is 6.36. The Morgan fingerprint density at radius 3 is 2.76 bits per heavy atom. The highest BCUT2D eigenvalue weighted by atomic mass is 32.1. The number of hydrogen-bond acceptors (Lipinski definition) is 7. The molecule has 3 rings (SSSR count). The number of anilines is 1. The van der Waals surface area contributed by atoms with Crippen LogP contribution in [0.25, 0.3) is 11.3 Å². The van der Waals surface area contributed by atoms with Crippen LogP contribution >= 0.6 is 11.3 Å². The molecule has 0 saturated heterocycles. The van der Waals surface area contributed by atoms with Crippen LogP contribution in [0.15, 0.2) is 28.2 Å². The van der Waals surface area contributed by atoms with Crippen LogP contribution in [0, 0.1) is 5.92 Å². The maximum absolute atomic E-state index is 12.3. The van der Waals surface area contributed by atoms with E-state index in [9.17, 15) is 14.4 Å². The zero-order valence-electron chi connectivity index (χ0n) is 13.6. The molecule has 2 aromatic rings. The summed E-state index contributed by atoms with van der Waals surface area (Å²) in [6.07, 6.45) is 3.12. The van der Waals surface area contributed by atoms with Gasteiger partial charge in [0.2, 0.25) is 0 Å². The Labute approximate surface area is 147 Å². The molecule has 0 radical (unpaired) electrons. The van der Waals surface area contributed by atoms with Gasteiger partial charge in [0.05, 0.1) is 18.8 Å². The third-order valence-electron chi connectivity index (χ3n) is 3.57. The lowest BCUT2D eigenvalue weighted by Gasteiger charge is -2.08. The molecule has 8 heteroatoms. The Kier molecular flexibility index (Phi) is 5.18. The zero-order valence-corrected chi connectivity index (χ0v) is 14.4. The summed E-state index contributed by atoms with van der Waals surface area (Å²) in [4.78, 5) is 35.8. The lowest BCUT2D eigenvalue weighted by molar-refractivity contribution is -0.148. The van der Waals surface area contributed by atoms with Crippen molar-refractivity contribution in [3.05, 3.63) is 29.3 Å². The molecular weight excluding hydrogens is 346 g/mol. The molecule has 1 amide bonds. The Hall–Kier alpha value is -2.61. The maximum Gasteiger partial charge on any atom is 0.341 e. The summed E-state index contributed by atoms with van der Waals surface area (Å²) < 4.78 is 15.4. The summed E-state index contributed by atoms with van der Waals surface area (Å²) in [5.74, 6) is -0.994. The average Bonchev–Trinajstić information content (AvgIpc) is 3.14. The first-order valence-electron chi connectivity index (χ1n) is 7.89. The fraction of sp³-hybridized carbons (Fsp3) is 0.353. The van der Waals surface area contributed by atoms with Gasteiger partial charge in [-0.3, -0.25) is 9.59 Å². The molecule has 25 heavy (non-hydrogen) atoms. The summed E-state index contributed by atoms with van der Waals surface area (Å²) >= 11 is 1.18. The molecular formula is C17H17NO6S. The Balaban J connectivity index is 1.74. The monoisotopic (exact) mass is 363 g/mol. The third kappa shape index (κ3) is 4.08. The third-order valence-corrected chi connectivity index (χ3v) is 4.46. The number of nitrogens with one attached hydrogen (secondary N) is 1. The van der Waals surface area contributed by atoms with Gasteiger partial charge in [-0.2, -0.15) is 0 Å². The average molecular weight is 363 g/mol. The van der Waals surface area contributed by atoms with E-state index in [1.165, 1.54) is 17.6 Å². The normalized spacial score (nSPS) is 13.3. The molecule has 0 aromatic carbocycles. The number of amides is 1. The van der Waals surface area contributed by atoms with Crippen molar-refractivity contribution in [3.8, 4) is 11.3 Å². The molecule has 7 nitrogen and oxygen atoms in total. The number of esters is 2. The number of carbonyl (C=O) groups is 3. The van der Waals surface area contributed by atoms with E-state index in [2.05, 4.69) is 5.32 Å². The van der Waals surface area contributed by atoms with Gasteiger partial charge >= 0.3 is 11.9 Å². The van der Waals surface area contributed by atoms with E-state index in [4.69, 9.17) is 13.9 Å². The molecule has 1 aliphatic rings. The van der Waals surface area contributed by atoms with Crippen LogP contribution in [0.4, 0.5) is 5.00 Å². The minimum absolute atomic E-state index is 0.0739. The molecule has 1 N–H and O–H groups in total. The van der Waals surface area contributed by atoms with Crippen molar-refractivity contribution in [2.45, 2.75) is 19.8 Å². The van der Waals surface area contributed by atoms with Gasteiger partial charge in [0.15, 0.2) is 6.61 Å². The lowest BCUT2D eigenvalue weighted by Crippen LogP contribution is -2.22. The lowest BCUT2D eigenvalue weighted by atomic mass is 10.1. The van der Waals surface area contributed by atoms with Crippen LogP contribution in [0.2, 0.25) is 0 Å². The summed E-state index contributed by atoms with van der Waals surface area (Å²) in [6, 6.07) is 3.42. The maximum atomic E-state index is 12.3. The summed E-state index contributed by atoms with van der Waals surface area (Å²) in [6.45, 7) is 1.52. The first-order chi connectivity index (χ1) is 12.1. The first kappa shape index (κ1) is 17.2. The molecule has 2 aromatic heterocycles. The van der Waals surface area contributed by atoms with Gasteiger partial charge in [-0.15, -0.1) is 11.3 Å². The number of hydrogen-bond donors (Lipinski definition) is 1. The molecule has 1 saturated carbocycles. The van der Waals surface area contributed by atoms with Crippen molar-refractivity contribution in [1.29, 1.82) is 0 Å². The largest absolute Gasteiger partial charge is 0.464 e. The second-order valence-electron chi connectivity index (χ2n) is 5.48. The van der Waals surface area contributed by atoms with E-state index in [1.54, 1.807) is 24.4 Å². The van der Waals surface area contributed by atoms with Crippen LogP contribution in [0.3, 0.4) is 0 Å². The predicted octanol–water partition coefficient (Wildman–Crippen LogP) is 3.08. The Bertz CT molecular complexity index is 775. The number of furan rings is 1. The van der Waals surface area contributed by atoms with Gasteiger partial charge < -0.3 is 19.2 Å². The number of ether oxygens (including phenoxy) is 2. The number of carbonyl (C=O) groups excluding carboxylic acids is 3. The van der Waals surface area contributed by atoms with E-state index in [0.717, 1.165) is 12.8 Å². The highest BCUT2D eigenvalue weighted by molar-refractivity contribution is 7.15. The van der Waals surface area contributed by atoms with Gasteiger partial charge in [0.25, 0.3) is 5.91 Å². The van der Waals surface area contributed by atoms with Crippen molar-refractivity contribution in [2.24, 2.45) is 5.92 Å². The minimum atomic E-state index is -0.555. The summed E-state index contributed by atoms with van der Waals surface area (Å²) in [7, 11) is 0. The van der Waals surface area contributed by atoms with E-state index in [1.807, 2.05) is 0 Å². The molecule has 0 spiro atoms. The van der Waals surface area contributed by atoms with Crippen molar-refractivity contribution < 1.29 is 28.3 Å². The number of rotatable bonds is 7. The van der Waals surface area contributed by atoms with Gasteiger partial charge in [0.1, 0.15) is 16.3 Å². The molecule has 0 bridgehead atoms. The van der Waals surface area contributed by atoms with Crippen molar-refractivity contribution in [1.82, 2.24) is 0 Å². The second kappa shape index (κ2) is 7.52. The van der Waals surface area contributed by atoms with Crippen molar-refractivity contribution in [3.63, 3.8) is 0 Å². The van der Waals surface area contributed by atoms with E-state index < -0.39 is 11.9 Å². The molecule has 0 aliphatic heterocycles. The van der Waals surface area contributed by atoms with Crippen molar-refractivity contribution in [2.75, 3.05) is 18.5 Å². The van der Waals surface area contributed by atoms with E-state index >= 15 is 0 Å². The molecule has 1 aliphatic carbocycles. The molecule has 2 heterocycles. The van der Waals surface area contributed by atoms with E-state index in [0.29, 0.717) is 16.3 Å². The van der Waals surface area contributed by atoms with Crippen LogP contribution in [-0.2, 0) is 19.1 Å². The van der Waals surface area contributed by atoms with Gasteiger partial charge in [-0.1, -0.05) is 0 Å². The first-order valence-corrected chi connectivity index (χ1v) is 8.77. The van der Waals surface area contributed by atoms with Crippen LogP contribution < -0.4 is 5.32 Å². The van der Waals surface area contributed by atoms with E-state index in [-0.39, 0.29) is 30.7 Å². The van der Waals surface area contributed by atoms with Crippen LogP contribution in [0.1, 0.15) is 30.1 Å². The van der Waals surface area contributed by atoms with Gasteiger partial charge in [-0.05, 0) is 31.9 Å². The fourth-order valence-electron chi connectivity index (χ4n) is 2.21. The quantitative estimate of drug-likeness (QED) is 0.760. The molecule has 0 atom stereocenters. The Morgan fingerprint density at radius 1 is 1.32 bits per heavy atom. The fourth-order valence-corrected chi connectivity index (χ4v) is 3.16. The predicted molar refractivity (Wildman–Crippen MR) is 90.3 cm³/mol.